The molecule has 3 aromatic rings. The number of anilines is 1. The first kappa shape index (κ1) is 15.3. The molecule has 0 saturated carbocycles. The molecule has 0 aliphatic carbocycles. The van der Waals surface area contributed by atoms with Crippen LogP contribution in [0.2, 0.25) is 0 Å². The lowest BCUT2D eigenvalue weighted by Gasteiger charge is -2.29. The predicted octanol–water partition coefficient (Wildman–Crippen LogP) is 1.72. The predicted molar refractivity (Wildman–Crippen MR) is 94.1 cm³/mol. The van der Waals surface area contributed by atoms with Crippen molar-refractivity contribution in [1.29, 1.82) is 0 Å². The first-order valence-electron chi connectivity index (χ1n) is 8.17. The molecule has 1 N–H and O–H groups in total. The van der Waals surface area contributed by atoms with Gasteiger partial charge in [-0.2, -0.15) is 0 Å². The van der Waals surface area contributed by atoms with Gasteiger partial charge < -0.3 is 14.8 Å². The molecule has 0 saturated heterocycles. The average molecular weight is 334 g/mol. The Morgan fingerprint density at radius 3 is 2.72 bits per heavy atom. The van der Waals surface area contributed by atoms with Crippen LogP contribution in [0.4, 0.5) is 5.82 Å². The van der Waals surface area contributed by atoms with Crippen molar-refractivity contribution in [1.82, 2.24) is 25.1 Å². The third kappa shape index (κ3) is 2.73. The summed E-state index contributed by atoms with van der Waals surface area (Å²) in [5, 5.41) is 11.4. The quantitative estimate of drug-likeness (QED) is 0.789. The fourth-order valence-corrected chi connectivity index (χ4v) is 3.10. The number of amides is 1. The summed E-state index contributed by atoms with van der Waals surface area (Å²) in [6.07, 6.45) is 1.70. The number of aromatic nitrogens is 4. The molecule has 0 spiro atoms. The van der Waals surface area contributed by atoms with Crippen molar-refractivity contribution >= 4 is 11.7 Å². The van der Waals surface area contributed by atoms with Crippen LogP contribution in [0, 0.1) is 0 Å². The lowest BCUT2D eigenvalue weighted by atomic mass is 10.2. The lowest BCUT2D eigenvalue weighted by Crippen LogP contribution is -2.36. The van der Waals surface area contributed by atoms with Crippen LogP contribution < -0.4 is 10.2 Å². The van der Waals surface area contributed by atoms with Gasteiger partial charge in [-0.1, -0.05) is 30.3 Å². The van der Waals surface area contributed by atoms with E-state index in [9.17, 15) is 4.79 Å². The number of rotatable bonds is 3. The molecule has 7 nitrogen and oxygen atoms in total. The van der Waals surface area contributed by atoms with Gasteiger partial charge in [-0.3, -0.25) is 4.79 Å². The molecule has 126 valence electrons. The smallest absolute Gasteiger partial charge is 0.254 e. The number of benzene rings is 1. The lowest BCUT2D eigenvalue weighted by molar-refractivity contribution is 0.0963. The number of carbonyl (C=O) groups excluding carboxylic acids is 1. The third-order valence-electron chi connectivity index (χ3n) is 4.34. The van der Waals surface area contributed by atoms with Gasteiger partial charge in [0.25, 0.3) is 5.91 Å². The van der Waals surface area contributed by atoms with Gasteiger partial charge in [0.15, 0.2) is 11.6 Å². The van der Waals surface area contributed by atoms with Crippen molar-refractivity contribution in [3.8, 4) is 11.4 Å². The molecule has 0 atom stereocenters. The van der Waals surface area contributed by atoms with Gasteiger partial charge in [0, 0.05) is 31.9 Å². The van der Waals surface area contributed by atoms with Gasteiger partial charge in [0.2, 0.25) is 0 Å². The van der Waals surface area contributed by atoms with E-state index in [1.165, 1.54) is 0 Å². The maximum Gasteiger partial charge on any atom is 0.254 e. The van der Waals surface area contributed by atoms with Crippen LogP contribution in [0.1, 0.15) is 16.2 Å². The largest absolute Gasteiger partial charge is 0.355 e. The van der Waals surface area contributed by atoms with Gasteiger partial charge in [-0.15, -0.1) is 10.2 Å². The molecule has 1 aromatic carbocycles. The van der Waals surface area contributed by atoms with Crippen molar-refractivity contribution in [3.63, 3.8) is 0 Å². The van der Waals surface area contributed by atoms with E-state index < -0.39 is 0 Å². The van der Waals surface area contributed by atoms with Crippen LogP contribution in [0.5, 0.6) is 0 Å². The van der Waals surface area contributed by atoms with Crippen LogP contribution in [-0.2, 0) is 13.1 Å². The van der Waals surface area contributed by atoms with E-state index in [1.54, 1.807) is 25.4 Å². The fraction of sp³-hybridized carbons (Fsp3) is 0.222. The topological polar surface area (TPSA) is 75.9 Å². The second-order valence-corrected chi connectivity index (χ2v) is 5.83. The first-order chi connectivity index (χ1) is 12.3. The molecule has 2 aromatic heterocycles. The highest BCUT2D eigenvalue weighted by Gasteiger charge is 2.25. The minimum atomic E-state index is -0.139. The molecule has 1 aliphatic rings. The summed E-state index contributed by atoms with van der Waals surface area (Å²) >= 11 is 0. The SMILES string of the molecule is CNC(=O)c1cccnc1N1CCn2c(nnc2-c2ccccc2)C1. The molecule has 4 rings (SSSR count). The number of carbonyl (C=O) groups is 1. The van der Waals surface area contributed by atoms with E-state index >= 15 is 0 Å². The van der Waals surface area contributed by atoms with Crippen LogP contribution in [-0.4, -0.2) is 39.2 Å². The molecule has 1 aliphatic heterocycles. The van der Waals surface area contributed by atoms with Gasteiger partial charge in [0.05, 0.1) is 12.1 Å². The minimum absolute atomic E-state index is 0.139. The van der Waals surface area contributed by atoms with E-state index in [4.69, 9.17) is 0 Å². The number of pyridine rings is 1. The van der Waals surface area contributed by atoms with E-state index in [1.807, 2.05) is 30.3 Å². The maximum absolute atomic E-state index is 12.1. The summed E-state index contributed by atoms with van der Waals surface area (Å²) in [7, 11) is 1.62. The first-order valence-corrected chi connectivity index (χ1v) is 8.17. The third-order valence-corrected chi connectivity index (χ3v) is 4.34. The average Bonchev–Trinajstić information content (AvgIpc) is 3.11. The maximum atomic E-state index is 12.1. The Balaban J connectivity index is 1.65. The van der Waals surface area contributed by atoms with Crippen molar-refractivity contribution in [2.45, 2.75) is 13.1 Å². The van der Waals surface area contributed by atoms with Crippen LogP contribution in [0.3, 0.4) is 0 Å². The van der Waals surface area contributed by atoms with Crippen molar-refractivity contribution in [2.24, 2.45) is 0 Å². The van der Waals surface area contributed by atoms with E-state index in [0.29, 0.717) is 17.9 Å². The Morgan fingerprint density at radius 1 is 1.08 bits per heavy atom. The van der Waals surface area contributed by atoms with Crippen LogP contribution in [0.15, 0.2) is 48.7 Å². The Morgan fingerprint density at radius 2 is 1.92 bits per heavy atom. The monoisotopic (exact) mass is 334 g/mol. The number of hydrogen-bond acceptors (Lipinski definition) is 5. The molecule has 0 fully saturated rings. The summed E-state index contributed by atoms with van der Waals surface area (Å²) in [6.45, 7) is 2.06. The van der Waals surface area contributed by atoms with Crippen molar-refractivity contribution in [2.75, 3.05) is 18.5 Å². The molecular weight excluding hydrogens is 316 g/mol. The number of hydrogen-bond donors (Lipinski definition) is 1. The standard InChI is InChI=1S/C18H18N6O/c1-19-18(25)14-8-5-9-20-17(14)23-10-11-24-15(12-23)21-22-16(24)13-6-3-2-4-7-13/h2-9H,10-12H2,1H3,(H,19,25). The Bertz CT molecular complexity index is 905. The molecule has 0 unspecified atom stereocenters. The summed E-state index contributed by atoms with van der Waals surface area (Å²) in [4.78, 5) is 18.6. The highest BCUT2D eigenvalue weighted by molar-refractivity contribution is 5.98. The van der Waals surface area contributed by atoms with E-state index in [-0.39, 0.29) is 5.91 Å². The van der Waals surface area contributed by atoms with E-state index in [0.717, 1.165) is 30.3 Å². The summed E-state index contributed by atoms with van der Waals surface area (Å²) in [5.41, 5.74) is 1.62. The highest BCUT2D eigenvalue weighted by Crippen LogP contribution is 2.25. The Kier molecular flexibility index (Phi) is 3.89. The molecule has 0 radical (unpaired) electrons. The van der Waals surface area contributed by atoms with Gasteiger partial charge >= 0.3 is 0 Å². The van der Waals surface area contributed by atoms with Gasteiger partial charge in [0.1, 0.15) is 5.82 Å². The summed E-state index contributed by atoms with van der Waals surface area (Å²) in [6, 6.07) is 13.6. The van der Waals surface area contributed by atoms with Crippen LogP contribution in [0.25, 0.3) is 11.4 Å². The molecule has 3 heterocycles. The van der Waals surface area contributed by atoms with Gasteiger partial charge in [-0.25, -0.2) is 4.98 Å². The molecular formula is C18H18N6O. The number of fused-ring (bicyclic) bond motifs is 1. The van der Waals surface area contributed by atoms with Crippen LogP contribution >= 0.6 is 0 Å². The Labute approximate surface area is 145 Å². The molecule has 0 bridgehead atoms. The fourth-order valence-electron chi connectivity index (χ4n) is 3.10. The Hall–Kier alpha value is -3.22. The van der Waals surface area contributed by atoms with Crippen molar-refractivity contribution in [3.05, 3.63) is 60.0 Å². The second kappa shape index (κ2) is 6.35. The zero-order chi connectivity index (χ0) is 17.2. The summed E-state index contributed by atoms with van der Waals surface area (Å²) < 4.78 is 2.13. The highest BCUT2D eigenvalue weighted by atomic mass is 16.1. The zero-order valence-electron chi connectivity index (χ0n) is 13.9. The minimum Gasteiger partial charge on any atom is -0.355 e. The summed E-state index contributed by atoms with van der Waals surface area (Å²) in [5.74, 6) is 2.29. The van der Waals surface area contributed by atoms with E-state index in [2.05, 4.69) is 30.0 Å². The second-order valence-electron chi connectivity index (χ2n) is 5.83. The number of nitrogens with one attached hydrogen (secondary N) is 1. The molecule has 7 heteroatoms. The van der Waals surface area contributed by atoms with Crippen molar-refractivity contribution < 1.29 is 4.79 Å². The normalized spacial score (nSPS) is 13.4. The molecule has 1 amide bonds. The molecule has 25 heavy (non-hydrogen) atoms. The zero-order valence-corrected chi connectivity index (χ0v) is 13.9. The number of nitrogens with zero attached hydrogens (tertiary/aromatic N) is 5. The van der Waals surface area contributed by atoms with Gasteiger partial charge in [-0.05, 0) is 12.1 Å².